The van der Waals surface area contributed by atoms with Gasteiger partial charge in [0.05, 0.1) is 12.3 Å². The fourth-order valence-electron chi connectivity index (χ4n) is 2.29. The molecule has 3 aromatic rings. The normalized spacial score (nSPS) is 11.5. The van der Waals surface area contributed by atoms with Crippen molar-refractivity contribution in [1.82, 2.24) is 14.8 Å². The minimum Gasteiger partial charge on any atom is -0.378 e. The van der Waals surface area contributed by atoms with Crippen molar-refractivity contribution in [3.63, 3.8) is 0 Å². The van der Waals surface area contributed by atoms with E-state index in [1.807, 2.05) is 34.9 Å². The second-order valence-corrected chi connectivity index (χ2v) is 6.88. The third-order valence-electron chi connectivity index (χ3n) is 3.48. The molecule has 6 nitrogen and oxygen atoms in total. The summed E-state index contributed by atoms with van der Waals surface area (Å²) in [5.74, 6) is -1.38. The highest BCUT2D eigenvalue weighted by atomic mass is 32.2. The van der Waals surface area contributed by atoms with Crippen molar-refractivity contribution in [2.75, 3.05) is 11.1 Å². The Balaban J connectivity index is 1.84. The molecule has 0 unspecified atom stereocenters. The van der Waals surface area contributed by atoms with Crippen LogP contribution < -0.4 is 5.32 Å². The van der Waals surface area contributed by atoms with E-state index in [1.165, 1.54) is 30.8 Å². The predicted octanol–water partition coefficient (Wildman–Crippen LogP) is 2.81. The van der Waals surface area contributed by atoms with E-state index in [2.05, 4.69) is 15.5 Å². The van der Waals surface area contributed by atoms with Gasteiger partial charge in [-0.3, -0.25) is 4.57 Å². The molecule has 0 spiro atoms. The van der Waals surface area contributed by atoms with Crippen LogP contribution in [-0.4, -0.2) is 36.5 Å². The lowest BCUT2D eigenvalue weighted by molar-refractivity contribution is -0.123. The molecule has 3 N–H and O–H groups in total. The van der Waals surface area contributed by atoms with E-state index in [0.29, 0.717) is 17.5 Å². The van der Waals surface area contributed by atoms with Gasteiger partial charge in [-0.25, -0.2) is 4.39 Å². The summed E-state index contributed by atoms with van der Waals surface area (Å²) >= 11 is 1.21. The van der Waals surface area contributed by atoms with Crippen LogP contribution in [0, 0.1) is 5.82 Å². The maximum atomic E-state index is 13.0. The molecule has 26 heavy (non-hydrogen) atoms. The van der Waals surface area contributed by atoms with Crippen LogP contribution in [0.15, 0.2) is 59.8 Å². The van der Waals surface area contributed by atoms with Crippen LogP contribution in [0.25, 0.3) is 5.69 Å². The Labute approximate surface area is 154 Å². The first-order valence-corrected chi connectivity index (χ1v) is 8.98. The number of hydrogen-bond acceptors (Lipinski definition) is 6. The number of anilines is 1. The fourth-order valence-corrected chi connectivity index (χ4v) is 3.14. The molecule has 0 bridgehead atoms. The van der Waals surface area contributed by atoms with Crippen LogP contribution in [0.3, 0.4) is 0 Å². The van der Waals surface area contributed by atoms with Gasteiger partial charge in [-0.15, -0.1) is 10.2 Å². The second-order valence-electron chi connectivity index (χ2n) is 5.94. The summed E-state index contributed by atoms with van der Waals surface area (Å²) in [6.45, 7) is 1.70. The van der Waals surface area contributed by atoms with Gasteiger partial charge in [0.25, 0.3) is 0 Å². The van der Waals surface area contributed by atoms with Crippen LogP contribution in [0.4, 0.5) is 10.1 Å². The maximum absolute atomic E-state index is 13.0. The van der Waals surface area contributed by atoms with Gasteiger partial charge in [0.1, 0.15) is 5.82 Å². The van der Waals surface area contributed by atoms with Gasteiger partial charge >= 0.3 is 0 Å². The minimum absolute atomic E-state index is 0.0589. The van der Waals surface area contributed by atoms with Crippen molar-refractivity contribution in [2.24, 2.45) is 0 Å². The average molecular weight is 374 g/mol. The van der Waals surface area contributed by atoms with Gasteiger partial charge in [0.2, 0.25) is 0 Å². The van der Waals surface area contributed by atoms with E-state index in [1.54, 1.807) is 12.1 Å². The number of nitrogens with one attached hydrogen (secondary N) is 1. The molecule has 1 aromatic heterocycles. The Hall–Kier alpha value is -2.42. The number of halogens is 1. The highest BCUT2D eigenvalue weighted by Gasteiger charge is 2.20. The number of aromatic nitrogens is 3. The van der Waals surface area contributed by atoms with Gasteiger partial charge in [0.15, 0.2) is 16.8 Å². The Bertz CT molecular complexity index is 848. The largest absolute Gasteiger partial charge is 0.378 e. The molecule has 0 amide bonds. The number of benzene rings is 2. The molecular formula is C18H19FN4O2S. The zero-order valence-electron chi connectivity index (χ0n) is 14.1. The smallest absolute Gasteiger partial charge is 0.196 e. The van der Waals surface area contributed by atoms with Crippen LogP contribution >= 0.6 is 11.8 Å². The van der Waals surface area contributed by atoms with Crippen molar-refractivity contribution in [2.45, 2.75) is 24.4 Å². The summed E-state index contributed by atoms with van der Waals surface area (Å²) in [4.78, 5) is 0. The maximum Gasteiger partial charge on any atom is 0.196 e. The number of hydrogen-bond donors (Lipinski definition) is 3. The first-order chi connectivity index (χ1) is 12.4. The van der Waals surface area contributed by atoms with Gasteiger partial charge in [-0.05, 0) is 43.3 Å². The van der Waals surface area contributed by atoms with Crippen molar-refractivity contribution >= 4 is 17.4 Å². The molecule has 0 atom stereocenters. The van der Waals surface area contributed by atoms with E-state index in [9.17, 15) is 14.6 Å². The third kappa shape index (κ3) is 4.81. The predicted molar refractivity (Wildman–Crippen MR) is 98.7 cm³/mol. The topological polar surface area (TPSA) is 83.2 Å². The van der Waals surface area contributed by atoms with Crippen molar-refractivity contribution in [1.29, 1.82) is 0 Å². The summed E-state index contributed by atoms with van der Waals surface area (Å²) in [5, 5.41) is 31.2. The molecule has 0 aliphatic rings. The Morgan fingerprint density at radius 2 is 1.77 bits per heavy atom. The van der Waals surface area contributed by atoms with E-state index in [-0.39, 0.29) is 11.6 Å². The first kappa shape index (κ1) is 18.4. The van der Waals surface area contributed by atoms with Gasteiger partial charge in [0, 0.05) is 11.4 Å². The summed E-state index contributed by atoms with van der Waals surface area (Å²) < 4.78 is 14.9. The van der Waals surface area contributed by atoms with E-state index >= 15 is 0 Å². The number of thioether (sulfide) groups is 1. The fraction of sp³-hybridized carbons (Fsp3) is 0.222. The molecule has 0 radical (unpaired) electrons. The van der Waals surface area contributed by atoms with Crippen LogP contribution in [-0.2, 0) is 6.54 Å². The molecule has 8 heteroatoms. The molecule has 0 aliphatic carbocycles. The van der Waals surface area contributed by atoms with Crippen LogP contribution in [0.1, 0.15) is 12.7 Å². The van der Waals surface area contributed by atoms with Gasteiger partial charge in [-0.2, -0.15) is 0 Å². The quantitative estimate of drug-likeness (QED) is 0.436. The lowest BCUT2D eigenvalue weighted by atomic mass is 10.3. The lowest BCUT2D eigenvalue weighted by Crippen LogP contribution is -2.26. The monoisotopic (exact) mass is 374 g/mol. The van der Waals surface area contributed by atoms with Gasteiger partial charge < -0.3 is 15.5 Å². The number of rotatable bonds is 7. The molecule has 0 aliphatic heterocycles. The van der Waals surface area contributed by atoms with Crippen molar-refractivity contribution in [3.05, 3.63) is 66.2 Å². The van der Waals surface area contributed by atoms with E-state index < -0.39 is 5.79 Å². The molecule has 136 valence electrons. The number of para-hydroxylation sites is 1. The molecule has 2 aromatic carbocycles. The summed E-state index contributed by atoms with van der Waals surface area (Å²) in [6, 6.07) is 15.6. The van der Waals surface area contributed by atoms with E-state index in [4.69, 9.17) is 0 Å². The SMILES string of the molecule is CC(O)(O)CSc1nnc(CNc2ccc(F)cc2)n1-c1ccccc1. The standard InChI is InChI=1S/C18H19FN4O2S/c1-18(24,25)12-26-17-22-21-16(23(17)15-5-3-2-4-6-15)11-20-14-9-7-13(19)8-10-14/h2-10,20,24-25H,11-12H2,1H3. The average Bonchev–Trinajstić information content (AvgIpc) is 3.02. The first-order valence-electron chi connectivity index (χ1n) is 7.99. The molecule has 3 rings (SSSR count). The highest BCUT2D eigenvalue weighted by Crippen LogP contribution is 2.25. The lowest BCUT2D eigenvalue weighted by Gasteiger charge is -2.15. The van der Waals surface area contributed by atoms with Crippen LogP contribution in [0.5, 0.6) is 0 Å². The molecular weight excluding hydrogens is 355 g/mol. The highest BCUT2D eigenvalue weighted by molar-refractivity contribution is 7.99. The zero-order valence-corrected chi connectivity index (χ0v) is 14.9. The summed E-state index contributed by atoms with van der Waals surface area (Å²) in [5.41, 5.74) is 1.63. The van der Waals surface area contributed by atoms with E-state index in [0.717, 1.165) is 11.4 Å². The summed E-state index contributed by atoms with van der Waals surface area (Å²) in [6.07, 6.45) is 0. The Morgan fingerprint density at radius 1 is 1.08 bits per heavy atom. The molecule has 0 saturated carbocycles. The molecule has 0 saturated heterocycles. The van der Waals surface area contributed by atoms with Crippen molar-refractivity contribution in [3.8, 4) is 5.69 Å². The third-order valence-corrected chi connectivity index (χ3v) is 4.70. The molecule has 0 fully saturated rings. The van der Waals surface area contributed by atoms with Gasteiger partial charge in [-0.1, -0.05) is 30.0 Å². The van der Waals surface area contributed by atoms with Crippen molar-refractivity contribution < 1.29 is 14.6 Å². The number of aliphatic hydroxyl groups is 2. The summed E-state index contributed by atoms with van der Waals surface area (Å²) in [7, 11) is 0. The Kier molecular flexibility index (Phi) is 5.55. The van der Waals surface area contributed by atoms with Crippen LogP contribution in [0.2, 0.25) is 0 Å². The Morgan fingerprint density at radius 3 is 2.42 bits per heavy atom. The number of nitrogens with zero attached hydrogens (tertiary/aromatic N) is 3. The minimum atomic E-state index is -1.80. The zero-order chi connectivity index (χ0) is 18.6. The molecule has 1 heterocycles. The second kappa shape index (κ2) is 7.86.